The van der Waals surface area contributed by atoms with E-state index < -0.39 is 0 Å². The normalized spacial score (nSPS) is 12.4. The first-order valence-corrected chi connectivity index (χ1v) is 8.10. The summed E-state index contributed by atoms with van der Waals surface area (Å²) in [6, 6.07) is 10.6. The van der Waals surface area contributed by atoms with Gasteiger partial charge in [-0.25, -0.2) is 0 Å². The smallest absolute Gasteiger partial charge is 0.118 e. The Kier molecular flexibility index (Phi) is 5.60. The van der Waals surface area contributed by atoms with E-state index in [1.54, 1.807) is 18.4 Å². The summed E-state index contributed by atoms with van der Waals surface area (Å²) in [4.78, 5) is 1.27. The van der Waals surface area contributed by atoms with Crippen LogP contribution in [0.15, 0.2) is 34.1 Å². The summed E-state index contributed by atoms with van der Waals surface area (Å²) in [6.07, 6.45) is 1.95. The number of hydrogen-bond donors (Lipinski definition) is 2. The molecule has 0 radical (unpaired) electrons. The highest BCUT2D eigenvalue weighted by molar-refractivity contribution is 9.11. The van der Waals surface area contributed by atoms with Crippen LogP contribution in [0.25, 0.3) is 0 Å². The monoisotopic (exact) mass is 354 g/mol. The van der Waals surface area contributed by atoms with Crippen LogP contribution in [-0.4, -0.2) is 7.11 Å². The van der Waals surface area contributed by atoms with E-state index in [0.717, 1.165) is 18.6 Å². The quantitative estimate of drug-likeness (QED) is 0.609. The lowest BCUT2D eigenvalue weighted by molar-refractivity contribution is 0.414. The first-order valence-electron chi connectivity index (χ1n) is 6.49. The number of methoxy groups -OCH3 is 1. The number of thiophene rings is 1. The minimum Gasteiger partial charge on any atom is -0.497 e. The van der Waals surface area contributed by atoms with Crippen molar-refractivity contribution in [2.45, 2.75) is 25.8 Å². The third-order valence-electron chi connectivity index (χ3n) is 3.30. The van der Waals surface area contributed by atoms with Crippen molar-refractivity contribution >= 4 is 27.3 Å². The Hall–Kier alpha value is -0.880. The van der Waals surface area contributed by atoms with Gasteiger partial charge in [-0.2, -0.15) is 0 Å². The predicted octanol–water partition coefficient (Wildman–Crippen LogP) is 3.96. The number of rotatable bonds is 6. The van der Waals surface area contributed by atoms with Gasteiger partial charge in [0.05, 0.1) is 16.9 Å². The molecule has 1 aromatic carbocycles. The van der Waals surface area contributed by atoms with Crippen molar-refractivity contribution < 1.29 is 4.74 Å². The molecule has 0 aliphatic rings. The van der Waals surface area contributed by atoms with Gasteiger partial charge < -0.3 is 4.74 Å². The average Bonchev–Trinajstić information content (AvgIpc) is 2.80. The number of halogens is 1. The highest BCUT2D eigenvalue weighted by Crippen LogP contribution is 2.32. The molecule has 0 fully saturated rings. The van der Waals surface area contributed by atoms with Crippen molar-refractivity contribution in [1.82, 2.24) is 5.43 Å². The van der Waals surface area contributed by atoms with E-state index >= 15 is 0 Å². The summed E-state index contributed by atoms with van der Waals surface area (Å²) in [5.74, 6) is 6.58. The first kappa shape index (κ1) is 15.5. The molecule has 1 atom stereocenters. The highest BCUT2D eigenvalue weighted by Gasteiger charge is 2.14. The Bertz CT molecular complexity index is 534. The fourth-order valence-electron chi connectivity index (χ4n) is 2.07. The van der Waals surface area contributed by atoms with Gasteiger partial charge >= 0.3 is 0 Å². The highest BCUT2D eigenvalue weighted by atomic mass is 79.9. The summed E-state index contributed by atoms with van der Waals surface area (Å²) in [7, 11) is 1.68. The van der Waals surface area contributed by atoms with Crippen molar-refractivity contribution in [3.8, 4) is 5.75 Å². The van der Waals surface area contributed by atoms with Gasteiger partial charge in [-0.15, -0.1) is 11.3 Å². The van der Waals surface area contributed by atoms with E-state index in [-0.39, 0.29) is 6.04 Å². The number of hydrogen-bond acceptors (Lipinski definition) is 4. The van der Waals surface area contributed by atoms with E-state index in [4.69, 9.17) is 10.6 Å². The lowest BCUT2D eigenvalue weighted by atomic mass is 10.0. The van der Waals surface area contributed by atoms with Crippen LogP contribution in [0.4, 0.5) is 0 Å². The largest absolute Gasteiger partial charge is 0.497 e. The van der Waals surface area contributed by atoms with E-state index in [1.165, 1.54) is 19.8 Å². The Labute approximate surface area is 132 Å². The standard InChI is InChI=1S/C15H19BrN2OS/c1-10-9-14(20-15(10)16)13(18-17)8-5-11-3-6-12(19-2)7-4-11/h3-4,6-7,9,13,18H,5,8,17H2,1-2H3. The molecule has 0 bridgehead atoms. The van der Waals surface area contributed by atoms with Crippen LogP contribution < -0.4 is 16.0 Å². The number of aryl methyl sites for hydroxylation is 2. The van der Waals surface area contributed by atoms with E-state index in [2.05, 4.69) is 46.5 Å². The topological polar surface area (TPSA) is 47.3 Å². The molecule has 0 aliphatic carbocycles. The van der Waals surface area contributed by atoms with Crippen molar-refractivity contribution in [3.63, 3.8) is 0 Å². The maximum atomic E-state index is 5.70. The fraction of sp³-hybridized carbons (Fsp3) is 0.333. The zero-order valence-corrected chi connectivity index (χ0v) is 14.1. The molecule has 1 unspecified atom stereocenters. The molecule has 0 aliphatic heterocycles. The third kappa shape index (κ3) is 3.82. The Balaban J connectivity index is 1.99. The zero-order chi connectivity index (χ0) is 14.5. The average molecular weight is 355 g/mol. The maximum Gasteiger partial charge on any atom is 0.118 e. The van der Waals surface area contributed by atoms with Gasteiger partial charge in [-0.3, -0.25) is 11.3 Å². The lowest BCUT2D eigenvalue weighted by Crippen LogP contribution is -2.27. The second kappa shape index (κ2) is 7.22. The van der Waals surface area contributed by atoms with Crippen LogP contribution in [0, 0.1) is 6.92 Å². The maximum absolute atomic E-state index is 5.70. The van der Waals surface area contributed by atoms with Crippen molar-refractivity contribution in [2.24, 2.45) is 5.84 Å². The molecule has 0 amide bonds. The van der Waals surface area contributed by atoms with Crippen LogP contribution in [-0.2, 0) is 6.42 Å². The molecular formula is C15H19BrN2OS. The van der Waals surface area contributed by atoms with Crippen LogP contribution >= 0.6 is 27.3 Å². The Morgan fingerprint density at radius 3 is 2.55 bits per heavy atom. The molecule has 1 aromatic heterocycles. The number of nitrogens with two attached hydrogens (primary N) is 1. The minimum absolute atomic E-state index is 0.187. The van der Waals surface area contributed by atoms with Crippen molar-refractivity contribution in [2.75, 3.05) is 7.11 Å². The van der Waals surface area contributed by atoms with E-state index in [9.17, 15) is 0 Å². The van der Waals surface area contributed by atoms with Gasteiger partial charge in [-0.05, 0) is 65.0 Å². The van der Waals surface area contributed by atoms with Gasteiger partial charge in [0.15, 0.2) is 0 Å². The lowest BCUT2D eigenvalue weighted by Gasteiger charge is -2.14. The van der Waals surface area contributed by atoms with Gasteiger partial charge in [0.25, 0.3) is 0 Å². The summed E-state index contributed by atoms with van der Waals surface area (Å²) in [5.41, 5.74) is 5.47. The molecule has 5 heteroatoms. The molecule has 2 rings (SSSR count). The summed E-state index contributed by atoms with van der Waals surface area (Å²) in [5, 5.41) is 0. The molecule has 0 saturated carbocycles. The molecule has 20 heavy (non-hydrogen) atoms. The fourth-order valence-corrected chi connectivity index (χ4v) is 3.73. The predicted molar refractivity (Wildman–Crippen MR) is 88.1 cm³/mol. The molecular weight excluding hydrogens is 336 g/mol. The molecule has 0 saturated heterocycles. The van der Waals surface area contributed by atoms with Crippen LogP contribution in [0.2, 0.25) is 0 Å². The second-order valence-electron chi connectivity index (χ2n) is 4.71. The molecule has 3 nitrogen and oxygen atoms in total. The van der Waals surface area contributed by atoms with Gasteiger partial charge in [0.2, 0.25) is 0 Å². The van der Waals surface area contributed by atoms with Gasteiger partial charge in [-0.1, -0.05) is 12.1 Å². The molecule has 0 spiro atoms. The number of nitrogens with one attached hydrogen (secondary N) is 1. The van der Waals surface area contributed by atoms with E-state index in [0.29, 0.717) is 0 Å². The first-order chi connectivity index (χ1) is 9.63. The summed E-state index contributed by atoms with van der Waals surface area (Å²) >= 11 is 5.30. The zero-order valence-electron chi connectivity index (χ0n) is 11.7. The Morgan fingerprint density at radius 2 is 2.05 bits per heavy atom. The van der Waals surface area contributed by atoms with Gasteiger partial charge in [0, 0.05) is 4.88 Å². The minimum atomic E-state index is 0.187. The number of ether oxygens (including phenoxy) is 1. The molecule has 108 valence electrons. The van der Waals surface area contributed by atoms with E-state index in [1.807, 2.05) is 12.1 Å². The van der Waals surface area contributed by atoms with Crippen molar-refractivity contribution in [3.05, 3.63) is 50.1 Å². The van der Waals surface area contributed by atoms with Crippen LogP contribution in [0.3, 0.4) is 0 Å². The summed E-state index contributed by atoms with van der Waals surface area (Å²) < 4.78 is 6.34. The van der Waals surface area contributed by atoms with Gasteiger partial charge in [0.1, 0.15) is 5.75 Å². The Morgan fingerprint density at radius 1 is 1.35 bits per heavy atom. The molecule has 3 N–H and O–H groups in total. The third-order valence-corrected chi connectivity index (χ3v) is 5.55. The number of benzene rings is 1. The number of hydrazine groups is 1. The van der Waals surface area contributed by atoms with Crippen molar-refractivity contribution in [1.29, 1.82) is 0 Å². The molecule has 2 aromatic rings. The summed E-state index contributed by atoms with van der Waals surface area (Å²) in [6.45, 7) is 2.10. The second-order valence-corrected chi connectivity index (χ2v) is 7.11. The molecule has 1 heterocycles. The van der Waals surface area contributed by atoms with Crippen LogP contribution in [0.1, 0.15) is 28.5 Å². The van der Waals surface area contributed by atoms with Crippen LogP contribution in [0.5, 0.6) is 5.75 Å². The SMILES string of the molecule is COc1ccc(CCC(NN)c2cc(C)c(Br)s2)cc1.